The molecule has 0 aliphatic heterocycles. The van der Waals surface area contributed by atoms with Crippen molar-refractivity contribution in [2.24, 2.45) is 0 Å². The molecule has 0 spiro atoms. The molecule has 12 rings (SSSR count). The molecule has 0 saturated carbocycles. The van der Waals surface area contributed by atoms with E-state index in [1.54, 1.807) is 0 Å². The molecule has 2 aromatic heterocycles. The second-order valence-electron chi connectivity index (χ2n) is 15.6. The predicted octanol–water partition coefficient (Wildman–Crippen LogP) is 17.2. The number of anilines is 3. The Morgan fingerprint density at radius 1 is 0.344 bits per heavy atom. The van der Waals surface area contributed by atoms with Crippen LogP contribution < -0.4 is 4.90 Å². The van der Waals surface area contributed by atoms with Crippen LogP contribution in [0.2, 0.25) is 0 Å². The van der Waals surface area contributed by atoms with Crippen molar-refractivity contribution >= 4 is 81.1 Å². The van der Waals surface area contributed by atoms with Crippen LogP contribution in [0.3, 0.4) is 0 Å². The van der Waals surface area contributed by atoms with Crippen LogP contribution in [0.15, 0.2) is 229 Å². The van der Waals surface area contributed by atoms with Gasteiger partial charge in [-0.3, -0.25) is 0 Å². The Balaban J connectivity index is 1.00. The molecular weight excluding hydrogens is 759 g/mol. The first-order valence-corrected chi connectivity index (χ1v) is 21.6. The van der Waals surface area contributed by atoms with Gasteiger partial charge in [0.25, 0.3) is 0 Å². The van der Waals surface area contributed by atoms with Crippen LogP contribution in [0, 0.1) is 0 Å². The smallest absolute Gasteiger partial charge is 0.143 e. The molecule has 0 fully saturated rings. The number of hydrogen-bond donors (Lipinski definition) is 0. The maximum absolute atomic E-state index is 7.01. The van der Waals surface area contributed by atoms with Gasteiger partial charge >= 0.3 is 0 Å². The standard InChI is InChI=1S/C58H37NOS/c1-4-15-38(16-5-1)39-27-32-44(33-28-39)59(52-25-14-24-50-47-22-12-13-26-53(47)61-58(50)52)45-34-29-40(30-35-45)43-31-36-49-51(37-43)46-21-10-11-23-48(46)55-54(41-17-6-2-7-18-41)56(60-57(49)55)42-19-8-3-9-20-42/h1-37H. The summed E-state index contributed by atoms with van der Waals surface area (Å²) in [6, 6.07) is 80.8. The summed E-state index contributed by atoms with van der Waals surface area (Å²) in [4.78, 5) is 2.41. The molecule has 2 heterocycles. The molecule has 3 heteroatoms. The summed E-state index contributed by atoms with van der Waals surface area (Å²) in [6.45, 7) is 0. The number of thiophene rings is 1. The largest absolute Gasteiger partial charge is 0.455 e. The molecule has 10 aromatic carbocycles. The summed E-state index contributed by atoms with van der Waals surface area (Å²) >= 11 is 1.86. The van der Waals surface area contributed by atoms with Gasteiger partial charge in [-0.1, -0.05) is 176 Å². The van der Waals surface area contributed by atoms with E-state index in [1.807, 2.05) is 11.3 Å². The van der Waals surface area contributed by atoms with Crippen molar-refractivity contribution in [3.8, 4) is 44.7 Å². The highest BCUT2D eigenvalue weighted by Gasteiger charge is 2.23. The molecule has 286 valence electrons. The number of nitrogens with zero attached hydrogens (tertiary/aromatic N) is 1. The van der Waals surface area contributed by atoms with Gasteiger partial charge in [-0.25, -0.2) is 0 Å². The van der Waals surface area contributed by atoms with Gasteiger partial charge in [0.1, 0.15) is 11.3 Å². The number of furan rings is 1. The highest BCUT2D eigenvalue weighted by molar-refractivity contribution is 7.26. The van der Waals surface area contributed by atoms with Crippen LogP contribution in [0.1, 0.15) is 0 Å². The maximum atomic E-state index is 7.01. The summed E-state index contributed by atoms with van der Waals surface area (Å²) in [6.07, 6.45) is 0. The Morgan fingerprint density at radius 2 is 0.869 bits per heavy atom. The zero-order valence-corrected chi connectivity index (χ0v) is 33.9. The third-order valence-corrected chi connectivity index (χ3v) is 13.3. The van der Waals surface area contributed by atoms with Gasteiger partial charge in [0.15, 0.2) is 0 Å². The van der Waals surface area contributed by atoms with E-state index in [9.17, 15) is 0 Å². The Hall–Kier alpha value is -7.72. The van der Waals surface area contributed by atoms with Gasteiger partial charge in [-0.2, -0.15) is 0 Å². The van der Waals surface area contributed by atoms with Gasteiger partial charge in [0, 0.05) is 48.7 Å². The van der Waals surface area contributed by atoms with Crippen LogP contribution in [-0.4, -0.2) is 0 Å². The second-order valence-corrected chi connectivity index (χ2v) is 16.6. The number of hydrogen-bond acceptors (Lipinski definition) is 3. The zero-order chi connectivity index (χ0) is 40.3. The van der Waals surface area contributed by atoms with Crippen molar-refractivity contribution in [2.45, 2.75) is 0 Å². The van der Waals surface area contributed by atoms with Crippen molar-refractivity contribution in [2.75, 3.05) is 4.90 Å². The van der Waals surface area contributed by atoms with Crippen molar-refractivity contribution in [1.29, 1.82) is 0 Å². The molecule has 12 aromatic rings. The first kappa shape index (κ1) is 35.2. The molecule has 0 atom stereocenters. The zero-order valence-electron chi connectivity index (χ0n) is 33.1. The van der Waals surface area contributed by atoms with Gasteiger partial charge in [-0.05, 0) is 92.5 Å². The monoisotopic (exact) mass is 795 g/mol. The van der Waals surface area contributed by atoms with E-state index in [0.717, 1.165) is 61.3 Å². The van der Waals surface area contributed by atoms with Crippen LogP contribution in [-0.2, 0) is 0 Å². The number of fused-ring (bicyclic) bond motifs is 9. The Labute approximate surface area is 357 Å². The van der Waals surface area contributed by atoms with Crippen molar-refractivity contribution in [3.05, 3.63) is 224 Å². The van der Waals surface area contributed by atoms with Crippen molar-refractivity contribution in [1.82, 2.24) is 0 Å². The Morgan fingerprint density at radius 3 is 1.56 bits per heavy atom. The minimum absolute atomic E-state index is 0.893. The highest BCUT2D eigenvalue weighted by atomic mass is 32.1. The maximum Gasteiger partial charge on any atom is 0.143 e. The van der Waals surface area contributed by atoms with Gasteiger partial charge in [0.05, 0.1) is 10.4 Å². The van der Waals surface area contributed by atoms with E-state index in [0.29, 0.717) is 0 Å². The lowest BCUT2D eigenvalue weighted by molar-refractivity contribution is 0.636. The van der Waals surface area contributed by atoms with E-state index < -0.39 is 0 Å². The van der Waals surface area contributed by atoms with Crippen LogP contribution in [0.4, 0.5) is 17.1 Å². The predicted molar refractivity (Wildman–Crippen MR) is 261 cm³/mol. The Kier molecular flexibility index (Phi) is 8.39. The summed E-state index contributed by atoms with van der Waals surface area (Å²) < 4.78 is 9.58. The molecule has 0 aliphatic carbocycles. The molecular formula is C58H37NOS. The fraction of sp³-hybridized carbons (Fsp3) is 0. The van der Waals surface area contributed by atoms with Gasteiger partial charge in [-0.15, -0.1) is 11.3 Å². The average molecular weight is 796 g/mol. The van der Waals surface area contributed by atoms with Crippen LogP contribution >= 0.6 is 11.3 Å². The molecule has 0 aliphatic rings. The molecule has 0 unspecified atom stereocenters. The fourth-order valence-corrected chi connectivity index (χ4v) is 10.4. The fourth-order valence-electron chi connectivity index (χ4n) is 9.20. The lowest BCUT2D eigenvalue weighted by Crippen LogP contribution is -2.10. The quantitative estimate of drug-likeness (QED) is 0.149. The minimum atomic E-state index is 0.893. The van der Waals surface area contributed by atoms with E-state index in [-0.39, 0.29) is 0 Å². The molecule has 61 heavy (non-hydrogen) atoms. The van der Waals surface area contributed by atoms with Crippen molar-refractivity contribution < 1.29 is 4.42 Å². The lowest BCUT2D eigenvalue weighted by Gasteiger charge is -2.26. The SMILES string of the molecule is c1ccc(-c2ccc(N(c3ccc(-c4ccc5c(c4)c4ccccc4c4c(-c6ccccc6)c(-c6ccccc6)oc54)cc3)c3cccc4c3sc3ccccc34)cc2)cc1. The highest BCUT2D eigenvalue weighted by Crippen LogP contribution is 2.49. The average Bonchev–Trinajstić information content (AvgIpc) is 3.94. The van der Waals surface area contributed by atoms with E-state index in [2.05, 4.69) is 229 Å². The topological polar surface area (TPSA) is 16.4 Å². The molecule has 0 radical (unpaired) electrons. The number of benzene rings is 10. The molecule has 2 nitrogen and oxygen atoms in total. The molecule has 0 N–H and O–H groups in total. The van der Waals surface area contributed by atoms with Gasteiger partial charge in [0.2, 0.25) is 0 Å². The normalized spacial score (nSPS) is 11.6. The molecule has 0 amide bonds. The first-order chi connectivity index (χ1) is 30.3. The third-order valence-electron chi connectivity index (χ3n) is 12.1. The second kappa shape index (κ2) is 14.5. The van der Waals surface area contributed by atoms with Crippen LogP contribution in [0.5, 0.6) is 0 Å². The van der Waals surface area contributed by atoms with Gasteiger partial charge < -0.3 is 9.32 Å². The van der Waals surface area contributed by atoms with E-state index in [4.69, 9.17) is 4.42 Å². The van der Waals surface area contributed by atoms with Crippen molar-refractivity contribution in [3.63, 3.8) is 0 Å². The summed E-state index contributed by atoms with van der Waals surface area (Å²) in [5, 5.41) is 8.40. The summed E-state index contributed by atoms with van der Waals surface area (Å²) in [7, 11) is 0. The van der Waals surface area contributed by atoms with E-state index >= 15 is 0 Å². The molecule has 0 bridgehead atoms. The first-order valence-electron chi connectivity index (χ1n) is 20.7. The number of rotatable bonds is 7. The molecule has 0 saturated heterocycles. The lowest BCUT2D eigenvalue weighted by atomic mass is 9.91. The summed E-state index contributed by atoms with van der Waals surface area (Å²) in [5.41, 5.74) is 12.4. The van der Waals surface area contributed by atoms with Crippen LogP contribution in [0.25, 0.3) is 97.4 Å². The Bertz CT molecular complexity index is 3550. The summed E-state index contributed by atoms with van der Waals surface area (Å²) in [5.74, 6) is 0.893. The third kappa shape index (κ3) is 5.93. The minimum Gasteiger partial charge on any atom is -0.455 e. The van der Waals surface area contributed by atoms with E-state index in [1.165, 1.54) is 53.1 Å².